The van der Waals surface area contributed by atoms with Crippen LogP contribution in [0.1, 0.15) is 16.7 Å². The second kappa shape index (κ2) is 5.17. The smallest absolute Gasteiger partial charge is 0.207 e. The minimum atomic E-state index is -4.66. The van der Waals surface area contributed by atoms with Gasteiger partial charge >= 0.3 is 6.18 Å². The minimum absolute atomic E-state index is 0.123. The molecule has 0 atom stereocenters. The molecular weight excluding hydrogens is 289 g/mol. The van der Waals surface area contributed by atoms with Crippen molar-refractivity contribution >= 4 is 0 Å². The van der Waals surface area contributed by atoms with Gasteiger partial charge in [-0.2, -0.15) is 18.4 Å². The molecule has 0 saturated heterocycles. The fourth-order valence-electron chi connectivity index (χ4n) is 1.90. The molecule has 0 amide bonds. The molecule has 0 N–H and O–H groups in total. The summed E-state index contributed by atoms with van der Waals surface area (Å²) >= 11 is 0. The molecule has 0 spiro atoms. The number of alkyl halides is 3. The summed E-state index contributed by atoms with van der Waals surface area (Å²) in [7, 11) is 0. The molecule has 2 aromatic rings. The van der Waals surface area contributed by atoms with Crippen molar-refractivity contribution in [3.05, 3.63) is 58.7 Å². The minimum Gasteiger partial charge on any atom is -0.207 e. The molecule has 0 unspecified atom stereocenters. The second-order valence-corrected chi connectivity index (χ2v) is 4.44. The number of rotatable bonds is 1. The highest BCUT2D eigenvalue weighted by molar-refractivity contribution is 5.68. The van der Waals surface area contributed by atoms with E-state index in [-0.39, 0.29) is 22.3 Å². The lowest BCUT2D eigenvalue weighted by Crippen LogP contribution is -2.06. The van der Waals surface area contributed by atoms with Crippen LogP contribution in [0.25, 0.3) is 11.1 Å². The van der Waals surface area contributed by atoms with E-state index in [0.29, 0.717) is 6.07 Å². The van der Waals surface area contributed by atoms with Crippen LogP contribution >= 0.6 is 0 Å². The molecule has 0 aliphatic heterocycles. The maximum absolute atomic E-state index is 14.0. The van der Waals surface area contributed by atoms with Crippen molar-refractivity contribution in [2.75, 3.05) is 0 Å². The maximum Gasteiger partial charge on any atom is 0.416 e. The van der Waals surface area contributed by atoms with E-state index in [4.69, 9.17) is 5.26 Å². The summed E-state index contributed by atoms with van der Waals surface area (Å²) in [5.41, 5.74) is -1.90. The third-order valence-electron chi connectivity index (χ3n) is 3.02. The molecule has 2 rings (SSSR count). The predicted molar refractivity (Wildman–Crippen MR) is 66.2 cm³/mol. The Labute approximate surface area is 117 Å². The van der Waals surface area contributed by atoms with Gasteiger partial charge in [-0.25, -0.2) is 8.78 Å². The van der Waals surface area contributed by atoms with Crippen molar-refractivity contribution in [2.45, 2.75) is 13.1 Å². The average Bonchev–Trinajstić information content (AvgIpc) is 2.43. The van der Waals surface area contributed by atoms with Gasteiger partial charge in [0.05, 0.1) is 17.2 Å². The number of halogens is 5. The van der Waals surface area contributed by atoms with Crippen molar-refractivity contribution in [3.8, 4) is 17.2 Å². The van der Waals surface area contributed by atoms with Gasteiger partial charge in [0.25, 0.3) is 0 Å². The SMILES string of the molecule is Cc1c(F)ccc(-c2cc(C#N)cc(C(F)(F)F)c2)c1F. The molecule has 0 aliphatic rings. The van der Waals surface area contributed by atoms with Crippen LogP contribution in [0.4, 0.5) is 22.0 Å². The van der Waals surface area contributed by atoms with Crippen LogP contribution in [-0.4, -0.2) is 0 Å². The molecule has 0 heterocycles. The van der Waals surface area contributed by atoms with E-state index in [1.54, 1.807) is 6.07 Å². The first kappa shape index (κ1) is 15.0. The van der Waals surface area contributed by atoms with Crippen molar-refractivity contribution < 1.29 is 22.0 Å². The molecule has 21 heavy (non-hydrogen) atoms. The molecule has 2 aromatic carbocycles. The summed E-state index contributed by atoms with van der Waals surface area (Å²) in [5, 5.41) is 8.80. The summed E-state index contributed by atoms with van der Waals surface area (Å²) in [6.07, 6.45) is -4.66. The van der Waals surface area contributed by atoms with Crippen LogP contribution in [0, 0.1) is 29.9 Å². The highest BCUT2D eigenvalue weighted by Crippen LogP contribution is 2.34. The van der Waals surface area contributed by atoms with Crippen molar-refractivity contribution in [2.24, 2.45) is 0 Å². The van der Waals surface area contributed by atoms with E-state index in [0.717, 1.165) is 24.3 Å². The number of hydrogen-bond acceptors (Lipinski definition) is 1. The first-order valence-electron chi connectivity index (χ1n) is 5.81. The van der Waals surface area contributed by atoms with Gasteiger partial charge in [0.15, 0.2) is 0 Å². The zero-order valence-electron chi connectivity index (χ0n) is 10.7. The number of benzene rings is 2. The lowest BCUT2D eigenvalue weighted by molar-refractivity contribution is -0.137. The summed E-state index contributed by atoms with van der Waals surface area (Å²) in [6.45, 7) is 1.19. The molecule has 0 fully saturated rings. The Morgan fingerprint density at radius 3 is 2.29 bits per heavy atom. The van der Waals surface area contributed by atoms with E-state index in [1.807, 2.05) is 0 Å². The quantitative estimate of drug-likeness (QED) is 0.692. The van der Waals surface area contributed by atoms with E-state index in [2.05, 4.69) is 0 Å². The monoisotopic (exact) mass is 297 g/mol. The Morgan fingerprint density at radius 2 is 1.71 bits per heavy atom. The van der Waals surface area contributed by atoms with E-state index in [1.165, 1.54) is 6.92 Å². The highest BCUT2D eigenvalue weighted by atomic mass is 19.4. The van der Waals surface area contributed by atoms with Crippen molar-refractivity contribution in [1.29, 1.82) is 5.26 Å². The summed E-state index contributed by atoms with van der Waals surface area (Å²) in [4.78, 5) is 0. The average molecular weight is 297 g/mol. The van der Waals surface area contributed by atoms with Gasteiger partial charge in [-0.1, -0.05) is 0 Å². The van der Waals surface area contributed by atoms with E-state index in [9.17, 15) is 22.0 Å². The molecule has 0 bridgehead atoms. The molecule has 0 aromatic heterocycles. The van der Waals surface area contributed by atoms with Gasteiger partial charge < -0.3 is 0 Å². The van der Waals surface area contributed by atoms with Crippen LogP contribution in [0.5, 0.6) is 0 Å². The Morgan fingerprint density at radius 1 is 1.05 bits per heavy atom. The zero-order valence-corrected chi connectivity index (χ0v) is 10.7. The molecule has 0 saturated carbocycles. The first-order valence-corrected chi connectivity index (χ1v) is 5.81. The van der Waals surface area contributed by atoms with Crippen LogP contribution in [-0.2, 0) is 6.18 Å². The van der Waals surface area contributed by atoms with Crippen LogP contribution in [0.15, 0.2) is 30.3 Å². The number of nitrogens with zero attached hydrogens (tertiary/aromatic N) is 1. The Kier molecular flexibility index (Phi) is 3.69. The van der Waals surface area contributed by atoms with Gasteiger partial charge in [0, 0.05) is 11.1 Å². The third-order valence-corrected chi connectivity index (χ3v) is 3.02. The molecule has 0 radical (unpaired) electrons. The molecular formula is C15H8F5N. The maximum atomic E-state index is 14.0. The van der Waals surface area contributed by atoms with Crippen LogP contribution in [0.3, 0.4) is 0 Å². The number of hydrogen-bond donors (Lipinski definition) is 0. The van der Waals surface area contributed by atoms with Crippen molar-refractivity contribution in [1.82, 2.24) is 0 Å². The largest absolute Gasteiger partial charge is 0.416 e. The Hall–Kier alpha value is -2.42. The van der Waals surface area contributed by atoms with Gasteiger partial charge in [-0.15, -0.1) is 0 Å². The zero-order chi connectivity index (χ0) is 15.8. The summed E-state index contributed by atoms with van der Waals surface area (Å²) in [5.74, 6) is -1.73. The molecule has 0 aliphatic carbocycles. The Balaban J connectivity index is 2.70. The predicted octanol–water partition coefficient (Wildman–Crippen LogP) is 4.83. The second-order valence-electron chi connectivity index (χ2n) is 4.44. The molecule has 108 valence electrons. The molecule has 6 heteroatoms. The normalized spacial score (nSPS) is 11.3. The lowest BCUT2D eigenvalue weighted by Gasteiger charge is -2.11. The highest BCUT2D eigenvalue weighted by Gasteiger charge is 2.31. The fraction of sp³-hybridized carbons (Fsp3) is 0.133. The topological polar surface area (TPSA) is 23.8 Å². The van der Waals surface area contributed by atoms with Gasteiger partial charge in [0.1, 0.15) is 11.6 Å². The van der Waals surface area contributed by atoms with Crippen LogP contribution in [0.2, 0.25) is 0 Å². The lowest BCUT2D eigenvalue weighted by atomic mass is 9.98. The molecule has 1 nitrogen and oxygen atoms in total. The first-order chi connectivity index (χ1) is 9.74. The van der Waals surface area contributed by atoms with Gasteiger partial charge in [-0.05, 0) is 42.8 Å². The Bertz CT molecular complexity index is 741. The summed E-state index contributed by atoms with van der Waals surface area (Å²) < 4.78 is 65.6. The summed E-state index contributed by atoms with van der Waals surface area (Å²) in [6, 6.07) is 6.16. The van der Waals surface area contributed by atoms with E-state index >= 15 is 0 Å². The number of nitriles is 1. The van der Waals surface area contributed by atoms with E-state index < -0.39 is 23.4 Å². The third kappa shape index (κ3) is 2.87. The van der Waals surface area contributed by atoms with Crippen LogP contribution < -0.4 is 0 Å². The van der Waals surface area contributed by atoms with Crippen molar-refractivity contribution in [3.63, 3.8) is 0 Å². The van der Waals surface area contributed by atoms with Gasteiger partial charge in [0.2, 0.25) is 0 Å². The standard InChI is InChI=1S/C15H8F5N/c1-8-13(16)3-2-12(14(8)17)10-4-9(7-21)5-11(6-10)15(18,19)20/h2-6H,1H3. The fourth-order valence-corrected chi connectivity index (χ4v) is 1.90. The van der Waals surface area contributed by atoms with Gasteiger partial charge in [-0.3, -0.25) is 0 Å².